The minimum atomic E-state index is -2.86. The van der Waals surface area contributed by atoms with Crippen LogP contribution in [0, 0.1) is 0 Å². The Morgan fingerprint density at radius 1 is 1.35 bits per heavy atom. The molecule has 0 aliphatic carbocycles. The number of thioether (sulfide) groups is 1. The number of ether oxygens (including phenoxy) is 1. The van der Waals surface area contributed by atoms with Crippen LogP contribution in [0.15, 0.2) is 41.5 Å². The van der Waals surface area contributed by atoms with E-state index in [4.69, 9.17) is 4.74 Å². The molecule has 0 aromatic heterocycles. The molecule has 0 unspecified atom stereocenters. The van der Waals surface area contributed by atoms with E-state index in [1.165, 1.54) is 0 Å². The van der Waals surface area contributed by atoms with Crippen molar-refractivity contribution in [3.05, 3.63) is 47.1 Å². The zero-order valence-corrected chi connectivity index (χ0v) is 9.68. The van der Waals surface area contributed by atoms with Gasteiger partial charge >= 0.3 is 5.97 Å². The van der Waals surface area contributed by atoms with Crippen molar-refractivity contribution in [1.29, 1.82) is 0 Å². The molecule has 0 atom stereocenters. The number of hydrogen-bond donors (Lipinski definition) is 0. The summed E-state index contributed by atoms with van der Waals surface area (Å²) < 4.78 is 31.1. The number of esters is 1. The van der Waals surface area contributed by atoms with Crippen LogP contribution in [0.2, 0.25) is 0 Å². The average Bonchev–Trinajstić information content (AvgIpc) is 2.66. The summed E-state index contributed by atoms with van der Waals surface area (Å²) in [6, 6.07) is 8.27. The summed E-state index contributed by atoms with van der Waals surface area (Å²) in [7, 11) is 0. The molecule has 2 rings (SSSR count). The second kappa shape index (κ2) is 4.87. The third-order valence-corrected chi connectivity index (χ3v) is 3.43. The fourth-order valence-electron chi connectivity index (χ4n) is 1.39. The molecule has 1 aromatic carbocycles. The van der Waals surface area contributed by atoms with E-state index in [9.17, 15) is 13.6 Å². The van der Waals surface area contributed by atoms with Gasteiger partial charge in [0.05, 0.1) is 10.5 Å². The Morgan fingerprint density at radius 2 is 2.06 bits per heavy atom. The highest BCUT2D eigenvalue weighted by molar-refractivity contribution is 8.03. The van der Waals surface area contributed by atoms with E-state index in [-0.39, 0.29) is 11.3 Å². The Bertz CT molecular complexity index is 443. The third kappa shape index (κ3) is 2.85. The van der Waals surface area contributed by atoms with Gasteiger partial charge in [0.25, 0.3) is 5.92 Å². The molecular formula is C12H10F2O2S. The van der Waals surface area contributed by atoms with E-state index in [1.807, 2.05) is 0 Å². The molecule has 0 N–H and O–H groups in total. The molecule has 0 saturated carbocycles. The topological polar surface area (TPSA) is 26.3 Å². The quantitative estimate of drug-likeness (QED) is 0.598. The Kier molecular flexibility index (Phi) is 3.47. The van der Waals surface area contributed by atoms with E-state index >= 15 is 0 Å². The predicted molar refractivity (Wildman–Crippen MR) is 62.0 cm³/mol. The average molecular weight is 256 g/mol. The van der Waals surface area contributed by atoms with E-state index < -0.39 is 11.9 Å². The van der Waals surface area contributed by atoms with Gasteiger partial charge < -0.3 is 4.74 Å². The lowest BCUT2D eigenvalue weighted by Crippen LogP contribution is -2.12. The first-order valence-corrected chi connectivity index (χ1v) is 6.05. The molecule has 5 heteroatoms. The zero-order chi connectivity index (χ0) is 12.3. The molecule has 90 valence electrons. The number of carbonyl (C=O) groups excluding carboxylic acids is 1. The van der Waals surface area contributed by atoms with Gasteiger partial charge in [-0.05, 0) is 12.1 Å². The lowest BCUT2D eigenvalue weighted by Gasteiger charge is -2.08. The van der Waals surface area contributed by atoms with Crippen molar-refractivity contribution in [1.82, 2.24) is 0 Å². The second-order valence-corrected chi connectivity index (χ2v) is 4.69. The largest absolute Gasteiger partial charge is 0.430 e. The Hall–Kier alpha value is -1.36. The van der Waals surface area contributed by atoms with Crippen LogP contribution in [-0.4, -0.2) is 17.6 Å². The molecule has 1 aliphatic rings. The summed E-state index contributed by atoms with van der Waals surface area (Å²) in [6.07, 6.45) is 0.666. The standard InChI is InChI=1S/C12H10F2O2S/c13-12(14)6-7-17-10(12)8-16-11(15)9-4-2-1-3-5-9/h1-5,8H,6-7H2/b10-8+. The summed E-state index contributed by atoms with van der Waals surface area (Å²) in [4.78, 5) is 11.3. The molecule has 17 heavy (non-hydrogen) atoms. The lowest BCUT2D eigenvalue weighted by atomic mass is 10.2. The number of benzene rings is 1. The maximum atomic E-state index is 13.2. The molecule has 0 radical (unpaired) electrons. The molecule has 2 nitrogen and oxygen atoms in total. The summed E-state index contributed by atoms with van der Waals surface area (Å²) in [5.74, 6) is -3.13. The van der Waals surface area contributed by atoms with Crippen molar-refractivity contribution in [2.24, 2.45) is 0 Å². The number of carbonyl (C=O) groups is 1. The number of allylic oxidation sites excluding steroid dienone is 1. The first-order valence-electron chi connectivity index (χ1n) is 5.07. The summed E-state index contributed by atoms with van der Waals surface area (Å²) in [6.45, 7) is 0. The predicted octanol–water partition coefficient (Wildman–Crippen LogP) is 3.46. The fourth-order valence-corrected chi connectivity index (χ4v) is 2.40. The minimum absolute atomic E-state index is 0.179. The molecule has 0 spiro atoms. The van der Waals surface area contributed by atoms with E-state index in [0.29, 0.717) is 11.3 Å². The summed E-state index contributed by atoms with van der Waals surface area (Å²) >= 11 is 1.02. The van der Waals surface area contributed by atoms with Crippen LogP contribution in [-0.2, 0) is 4.74 Å². The maximum absolute atomic E-state index is 13.2. The first-order chi connectivity index (χ1) is 8.09. The molecule has 1 aromatic rings. The van der Waals surface area contributed by atoms with Gasteiger partial charge in [0.15, 0.2) is 0 Å². The van der Waals surface area contributed by atoms with E-state index in [2.05, 4.69) is 0 Å². The van der Waals surface area contributed by atoms with Gasteiger partial charge in [-0.3, -0.25) is 0 Å². The fraction of sp³-hybridized carbons (Fsp3) is 0.250. The third-order valence-electron chi connectivity index (χ3n) is 2.32. The normalized spacial score (nSPS) is 20.5. The summed E-state index contributed by atoms with van der Waals surface area (Å²) in [5, 5.41) is 0. The highest BCUT2D eigenvalue weighted by Gasteiger charge is 2.40. The molecule has 1 heterocycles. The van der Waals surface area contributed by atoms with Crippen molar-refractivity contribution in [2.45, 2.75) is 12.3 Å². The van der Waals surface area contributed by atoms with E-state index in [0.717, 1.165) is 18.0 Å². The summed E-state index contributed by atoms with van der Waals surface area (Å²) in [5.41, 5.74) is 0.343. The smallest absolute Gasteiger partial charge is 0.342 e. The van der Waals surface area contributed by atoms with Crippen molar-refractivity contribution in [3.8, 4) is 0 Å². The van der Waals surface area contributed by atoms with Crippen LogP contribution < -0.4 is 0 Å². The van der Waals surface area contributed by atoms with Gasteiger partial charge in [-0.25, -0.2) is 13.6 Å². The van der Waals surface area contributed by atoms with Gasteiger partial charge in [0, 0.05) is 12.2 Å². The molecule has 1 fully saturated rings. The Balaban J connectivity index is 2.04. The van der Waals surface area contributed by atoms with Crippen LogP contribution in [0.25, 0.3) is 0 Å². The van der Waals surface area contributed by atoms with Crippen molar-refractivity contribution >= 4 is 17.7 Å². The van der Waals surface area contributed by atoms with Gasteiger partial charge in [0.1, 0.15) is 6.26 Å². The van der Waals surface area contributed by atoms with E-state index in [1.54, 1.807) is 30.3 Å². The number of alkyl halides is 2. The Labute approximate surface area is 102 Å². The number of rotatable bonds is 2. The van der Waals surface area contributed by atoms with Crippen LogP contribution in [0.1, 0.15) is 16.8 Å². The minimum Gasteiger partial charge on any atom is -0.430 e. The molecule has 1 aliphatic heterocycles. The molecule has 0 bridgehead atoms. The monoisotopic (exact) mass is 256 g/mol. The van der Waals surface area contributed by atoms with Gasteiger partial charge in [-0.2, -0.15) is 0 Å². The van der Waals surface area contributed by atoms with Gasteiger partial charge in [0.2, 0.25) is 0 Å². The zero-order valence-electron chi connectivity index (χ0n) is 8.86. The SMILES string of the molecule is O=C(O/C=C1/SCCC1(F)F)c1ccccc1. The number of halogens is 2. The van der Waals surface area contributed by atoms with Crippen LogP contribution in [0.5, 0.6) is 0 Å². The van der Waals surface area contributed by atoms with Gasteiger partial charge in [-0.1, -0.05) is 18.2 Å². The molecule has 0 amide bonds. The second-order valence-electron chi connectivity index (χ2n) is 3.56. The Morgan fingerprint density at radius 3 is 2.65 bits per heavy atom. The number of hydrogen-bond acceptors (Lipinski definition) is 3. The van der Waals surface area contributed by atoms with Crippen LogP contribution in [0.4, 0.5) is 8.78 Å². The molecule has 1 saturated heterocycles. The van der Waals surface area contributed by atoms with Crippen molar-refractivity contribution in [3.63, 3.8) is 0 Å². The lowest BCUT2D eigenvalue weighted by molar-refractivity contribution is 0.0473. The van der Waals surface area contributed by atoms with Crippen molar-refractivity contribution in [2.75, 3.05) is 5.75 Å². The first kappa shape index (κ1) is 12.1. The highest BCUT2D eigenvalue weighted by Crippen LogP contribution is 2.43. The van der Waals surface area contributed by atoms with Crippen LogP contribution >= 0.6 is 11.8 Å². The van der Waals surface area contributed by atoms with Crippen molar-refractivity contribution < 1.29 is 18.3 Å². The maximum Gasteiger partial charge on any atom is 0.342 e. The van der Waals surface area contributed by atoms with Gasteiger partial charge in [-0.15, -0.1) is 11.8 Å². The van der Waals surface area contributed by atoms with Crippen LogP contribution in [0.3, 0.4) is 0 Å². The highest BCUT2D eigenvalue weighted by atomic mass is 32.2. The molecular weight excluding hydrogens is 246 g/mol.